The molecule has 0 aliphatic carbocycles. The van der Waals surface area contributed by atoms with Gasteiger partial charge in [0.1, 0.15) is 0 Å². The molecule has 0 fully saturated rings. The minimum Gasteiger partial charge on any atom is -0.234 e. The number of benzene rings is 1. The van der Waals surface area contributed by atoms with E-state index in [1.807, 2.05) is 26.8 Å². The summed E-state index contributed by atoms with van der Waals surface area (Å²) < 4.78 is 10.5. The predicted molar refractivity (Wildman–Crippen MR) is 54.0 cm³/mol. The van der Waals surface area contributed by atoms with Crippen molar-refractivity contribution in [1.82, 2.24) is 0 Å². The molecule has 1 aromatic rings. The quantitative estimate of drug-likeness (QED) is 0.680. The molecule has 1 aromatic carbocycles. The van der Waals surface area contributed by atoms with Crippen LogP contribution in [0.1, 0.15) is 27.0 Å². The van der Waals surface area contributed by atoms with Crippen molar-refractivity contribution >= 4 is 14.0 Å². The van der Waals surface area contributed by atoms with E-state index in [1.165, 1.54) is 0 Å². The van der Waals surface area contributed by atoms with Crippen molar-refractivity contribution in [3.63, 3.8) is 0 Å². The highest BCUT2D eigenvalue weighted by Crippen LogP contribution is 2.20. The maximum Gasteiger partial charge on any atom is 0.406 e. The van der Waals surface area contributed by atoms with E-state index in [9.17, 15) is 9.36 Å². The van der Waals surface area contributed by atoms with Crippen LogP contribution in [0.4, 0.5) is 0 Å². The monoisotopic (exact) mass is 195 g/mol. The lowest BCUT2D eigenvalue weighted by atomic mass is 10.00. The second-order valence-electron chi connectivity index (χ2n) is 3.11. The Labute approximate surface area is 79.2 Å². The summed E-state index contributed by atoms with van der Waals surface area (Å²) in [5.74, 6) is 0. The van der Waals surface area contributed by atoms with Crippen LogP contribution in [0.2, 0.25) is 0 Å². The van der Waals surface area contributed by atoms with Crippen LogP contribution in [0.15, 0.2) is 12.1 Å². The molecule has 0 N–H and O–H groups in total. The molecular formula is C10H12O2P+. The zero-order chi connectivity index (χ0) is 10.0. The third-order valence-electron chi connectivity index (χ3n) is 2.40. The Morgan fingerprint density at radius 1 is 1.15 bits per heavy atom. The Balaban J connectivity index is 3.33. The van der Waals surface area contributed by atoms with Crippen molar-refractivity contribution in [2.75, 3.05) is 0 Å². The van der Waals surface area contributed by atoms with Crippen molar-refractivity contribution < 1.29 is 9.36 Å². The van der Waals surface area contributed by atoms with Gasteiger partial charge in [-0.05, 0) is 43.5 Å². The van der Waals surface area contributed by atoms with E-state index in [-0.39, 0.29) is 5.52 Å². The van der Waals surface area contributed by atoms with Gasteiger partial charge in [-0.15, -0.1) is 0 Å². The van der Waals surface area contributed by atoms with E-state index >= 15 is 0 Å². The van der Waals surface area contributed by atoms with Crippen molar-refractivity contribution in [2.45, 2.75) is 20.8 Å². The van der Waals surface area contributed by atoms with Gasteiger partial charge in [0.05, 0.1) is 5.56 Å². The Morgan fingerprint density at radius 3 is 2.31 bits per heavy atom. The van der Waals surface area contributed by atoms with E-state index in [1.54, 1.807) is 6.07 Å². The fourth-order valence-electron chi connectivity index (χ4n) is 1.26. The van der Waals surface area contributed by atoms with E-state index < -0.39 is 8.46 Å². The molecule has 0 spiro atoms. The summed E-state index contributed by atoms with van der Waals surface area (Å²) in [4.78, 5) is 11.2. The van der Waals surface area contributed by atoms with E-state index in [4.69, 9.17) is 0 Å². The molecule has 68 valence electrons. The number of aryl methyl sites for hydroxylation is 1. The highest BCUT2D eigenvalue weighted by atomic mass is 31.1. The fourth-order valence-corrected chi connectivity index (χ4v) is 1.64. The molecule has 0 heterocycles. The van der Waals surface area contributed by atoms with Gasteiger partial charge in [-0.3, -0.25) is 0 Å². The second kappa shape index (κ2) is 3.80. The molecular weight excluding hydrogens is 183 g/mol. The van der Waals surface area contributed by atoms with Gasteiger partial charge < -0.3 is 0 Å². The molecule has 2 nitrogen and oxygen atoms in total. The third-order valence-corrected chi connectivity index (χ3v) is 2.85. The summed E-state index contributed by atoms with van der Waals surface area (Å²) >= 11 is 0. The molecule has 0 bridgehead atoms. The first-order valence-corrected chi connectivity index (χ1v) is 4.98. The number of rotatable bonds is 2. The number of hydrogen-bond acceptors (Lipinski definition) is 2. The van der Waals surface area contributed by atoms with Gasteiger partial charge in [0.2, 0.25) is 0 Å². The topological polar surface area (TPSA) is 34.1 Å². The molecule has 0 aromatic heterocycles. The Bertz CT molecular complexity index is 369. The Hall–Kier alpha value is -1.01. The molecule has 13 heavy (non-hydrogen) atoms. The summed E-state index contributed by atoms with van der Waals surface area (Å²) in [7, 11) is -0.890. The predicted octanol–water partition coefficient (Wildman–Crippen LogP) is 2.78. The van der Waals surface area contributed by atoms with Gasteiger partial charge in [0.25, 0.3) is 0 Å². The SMILES string of the molecule is Cc1ccc(C(=O)[PH+]=O)c(C)c1C. The lowest BCUT2D eigenvalue weighted by Gasteiger charge is -2.05. The molecule has 1 rings (SSSR count). The van der Waals surface area contributed by atoms with Gasteiger partial charge in [0.15, 0.2) is 0 Å². The summed E-state index contributed by atoms with van der Waals surface area (Å²) in [6, 6.07) is 3.63. The molecule has 1 unspecified atom stereocenters. The average Bonchev–Trinajstić information content (AvgIpc) is 2.13. The van der Waals surface area contributed by atoms with Crippen LogP contribution in [0.3, 0.4) is 0 Å². The van der Waals surface area contributed by atoms with Crippen LogP contribution >= 0.6 is 8.46 Å². The summed E-state index contributed by atoms with van der Waals surface area (Å²) in [5, 5.41) is 0. The van der Waals surface area contributed by atoms with Crippen LogP contribution in [0.25, 0.3) is 0 Å². The highest BCUT2D eigenvalue weighted by Gasteiger charge is 2.17. The summed E-state index contributed by atoms with van der Waals surface area (Å²) in [6.45, 7) is 5.85. The molecule has 1 atom stereocenters. The van der Waals surface area contributed by atoms with Crippen molar-refractivity contribution in [3.8, 4) is 0 Å². The van der Waals surface area contributed by atoms with Crippen molar-refractivity contribution in [2.24, 2.45) is 0 Å². The van der Waals surface area contributed by atoms with Crippen LogP contribution in [0.5, 0.6) is 0 Å². The molecule has 0 saturated carbocycles. The standard InChI is InChI=1S/C10H11O2P/c1-6-4-5-9(10(11)13-12)8(3)7(6)2/h4-5H,1-3H3/p+1. The fraction of sp³-hybridized carbons (Fsp3) is 0.300. The lowest BCUT2D eigenvalue weighted by Crippen LogP contribution is -1.97. The molecule has 0 aliphatic rings. The molecule has 3 heteroatoms. The number of hydrogen-bond donors (Lipinski definition) is 0. The first-order valence-electron chi connectivity index (χ1n) is 4.07. The number of carbonyl (C=O) groups is 1. The normalized spacial score (nSPS) is 10.4. The van der Waals surface area contributed by atoms with Crippen molar-refractivity contribution in [1.29, 1.82) is 0 Å². The van der Waals surface area contributed by atoms with E-state index in [0.717, 1.165) is 16.7 Å². The lowest BCUT2D eigenvalue weighted by molar-refractivity contribution is 0.108. The second-order valence-corrected chi connectivity index (χ2v) is 3.77. The third kappa shape index (κ3) is 1.84. The smallest absolute Gasteiger partial charge is 0.234 e. The van der Waals surface area contributed by atoms with Crippen LogP contribution in [-0.2, 0) is 4.57 Å². The van der Waals surface area contributed by atoms with Crippen LogP contribution in [-0.4, -0.2) is 5.52 Å². The van der Waals surface area contributed by atoms with E-state index in [2.05, 4.69) is 0 Å². The molecule has 0 aliphatic heterocycles. The van der Waals surface area contributed by atoms with Gasteiger partial charge in [0, 0.05) is 0 Å². The Morgan fingerprint density at radius 2 is 1.77 bits per heavy atom. The Kier molecular flexibility index (Phi) is 2.94. The first-order chi connectivity index (χ1) is 6.07. The van der Waals surface area contributed by atoms with E-state index in [0.29, 0.717) is 5.56 Å². The zero-order valence-electron chi connectivity index (χ0n) is 7.97. The zero-order valence-corrected chi connectivity index (χ0v) is 8.97. The van der Waals surface area contributed by atoms with Gasteiger partial charge in [-0.1, -0.05) is 10.6 Å². The number of carbonyl (C=O) groups excluding carboxylic acids is 1. The van der Waals surface area contributed by atoms with Crippen LogP contribution < -0.4 is 0 Å². The van der Waals surface area contributed by atoms with Gasteiger partial charge in [-0.25, -0.2) is 4.79 Å². The molecule has 0 saturated heterocycles. The molecule has 0 radical (unpaired) electrons. The van der Waals surface area contributed by atoms with Gasteiger partial charge >= 0.3 is 14.0 Å². The summed E-state index contributed by atoms with van der Waals surface area (Å²) in [5.41, 5.74) is 3.48. The van der Waals surface area contributed by atoms with Gasteiger partial charge in [-0.2, -0.15) is 0 Å². The minimum absolute atomic E-state index is 0.291. The largest absolute Gasteiger partial charge is 0.406 e. The average molecular weight is 195 g/mol. The first kappa shape index (κ1) is 10.1. The van der Waals surface area contributed by atoms with Crippen molar-refractivity contribution in [3.05, 3.63) is 34.4 Å². The van der Waals surface area contributed by atoms with Crippen LogP contribution in [0, 0.1) is 20.8 Å². The highest BCUT2D eigenvalue weighted by molar-refractivity contribution is 7.47. The molecule has 0 amide bonds. The maximum absolute atomic E-state index is 11.2. The minimum atomic E-state index is -0.890. The summed E-state index contributed by atoms with van der Waals surface area (Å²) in [6.07, 6.45) is 0. The maximum atomic E-state index is 11.2.